The Labute approximate surface area is 207 Å². The minimum Gasteiger partial charge on any atom is -0.506 e. The number of carbonyl (C=O) groups is 1. The molecule has 0 spiro atoms. The molecule has 0 aliphatic carbocycles. The first-order valence-corrected chi connectivity index (χ1v) is 11.9. The van der Waals surface area contributed by atoms with Crippen LogP contribution in [0.5, 0.6) is 5.75 Å². The lowest BCUT2D eigenvalue weighted by molar-refractivity contribution is -0.138. The standard InChI is InChI=1S/C28H24FNO4S/c1-3-33-28(32)25-26(31)24(35-27(25)30-22-14-8-18(2)9-15-22)16-20-6-4-5-7-23(20)34-17-19-10-12-21(29)13-11-19/h4-16,31H,3,17H2,1-2H3/b24-16-,30-27?. The number of hydrogen-bond donors (Lipinski definition) is 1. The fourth-order valence-electron chi connectivity index (χ4n) is 3.34. The Hall–Kier alpha value is -3.84. The van der Waals surface area contributed by atoms with Crippen LogP contribution < -0.4 is 4.74 Å². The van der Waals surface area contributed by atoms with E-state index in [4.69, 9.17) is 9.47 Å². The Morgan fingerprint density at radius 1 is 1.06 bits per heavy atom. The van der Waals surface area contributed by atoms with Gasteiger partial charge >= 0.3 is 5.97 Å². The van der Waals surface area contributed by atoms with Crippen LogP contribution in [0.1, 0.15) is 23.6 Å². The maximum Gasteiger partial charge on any atom is 0.344 e. The molecule has 1 N–H and O–H groups in total. The van der Waals surface area contributed by atoms with Gasteiger partial charge in [0.2, 0.25) is 0 Å². The summed E-state index contributed by atoms with van der Waals surface area (Å²) in [4.78, 5) is 17.7. The second-order valence-electron chi connectivity index (χ2n) is 7.76. The number of esters is 1. The number of aliphatic imine (C=N–C) groups is 1. The van der Waals surface area contributed by atoms with Gasteiger partial charge in [-0.25, -0.2) is 14.2 Å². The van der Waals surface area contributed by atoms with Crippen molar-refractivity contribution in [2.45, 2.75) is 20.5 Å². The van der Waals surface area contributed by atoms with Gasteiger partial charge in [0.1, 0.15) is 34.5 Å². The van der Waals surface area contributed by atoms with Gasteiger partial charge in [0.25, 0.3) is 0 Å². The molecule has 0 saturated carbocycles. The van der Waals surface area contributed by atoms with E-state index in [9.17, 15) is 14.3 Å². The van der Waals surface area contributed by atoms with E-state index in [1.165, 1.54) is 23.9 Å². The van der Waals surface area contributed by atoms with Crippen molar-refractivity contribution in [2.75, 3.05) is 6.61 Å². The van der Waals surface area contributed by atoms with Crippen LogP contribution in [0.3, 0.4) is 0 Å². The summed E-state index contributed by atoms with van der Waals surface area (Å²) in [5.74, 6) is -0.542. The Morgan fingerprint density at radius 3 is 2.49 bits per heavy atom. The lowest BCUT2D eigenvalue weighted by atomic mass is 10.1. The van der Waals surface area contributed by atoms with E-state index in [1.807, 2.05) is 55.5 Å². The van der Waals surface area contributed by atoms with Crippen molar-refractivity contribution >= 4 is 34.5 Å². The van der Waals surface area contributed by atoms with Gasteiger partial charge in [0, 0.05) is 5.56 Å². The van der Waals surface area contributed by atoms with Crippen LogP contribution in [-0.2, 0) is 16.1 Å². The van der Waals surface area contributed by atoms with Crippen LogP contribution in [0.15, 0.2) is 94.0 Å². The number of hydrogen-bond acceptors (Lipinski definition) is 6. The average molecular weight is 490 g/mol. The molecule has 1 aliphatic heterocycles. The highest BCUT2D eigenvalue weighted by Crippen LogP contribution is 2.41. The topological polar surface area (TPSA) is 68.1 Å². The fourth-order valence-corrected chi connectivity index (χ4v) is 4.37. The highest BCUT2D eigenvalue weighted by Gasteiger charge is 2.33. The molecule has 0 unspecified atom stereocenters. The van der Waals surface area contributed by atoms with Crippen molar-refractivity contribution in [3.8, 4) is 5.75 Å². The highest BCUT2D eigenvalue weighted by atomic mass is 32.2. The highest BCUT2D eigenvalue weighted by molar-refractivity contribution is 8.18. The van der Waals surface area contributed by atoms with Crippen molar-refractivity contribution in [3.63, 3.8) is 0 Å². The maximum absolute atomic E-state index is 13.2. The number of aliphatic hydroxyl groups is 1. The predicted octanol–water partition coefficient (Wildman–Crippen LogP) is 6.91. The number of aliphatic hydroxyl groups excluding tert-OH is 1. The second-order valence-corrected chi connectivity index (χ2v) is 8.79. The van der Waals surface area contributed by atoms with Crippen molar-refractivity contribution in [1.82, 2.24) is 0 Å². The molecule has 5 nitrogen and oxygen atoms in total. The monoisotopic (exact) mass is 489 g/mol. The van der Waals surface area contributed by atoms with Gasteiger partial charge < -0.3 is 14.6 Å². The molecule has 1 aliphatic rings. The normalized spacial score (nSPS) is 15.6. The van der Waals surface area contributed by atoms with E-state index < -0.39 is 5.97 Å². The SMILES string of the molecule is CCOC(=O)C1=C(O)/C(=C/c2ccccc2OCc2ccc(F)cc2)SC1=Nc1ccc(C)cc1. The number of aryl methyl sites for hydroxylation is 1. The molecular weight excluding hydrogens is 465 g/mol. The van der Waals surface area contributed by atoms with Gasteiger partial charge in [-0.05, 0) is 55.8 Å². The molecule has 35 heavy (non-hydrogen) atoms. The third-order valence-corrected chi connectivity index (χ3v) is 6.17. The molecule has 0 fully saturated rings. The largest absolute Gasteiger partial charge is 0.506 e. The zero-order chi connectivity index (χ0) is 24.8. The number of halogens is 1. The maximum atomic E-state index is 13.2. The number of carbonyl (C=O) groups excluding carboxylic acids is 1. The number of para-hydroxylation sites is 1. The summed E-state index contributed by atoms with van der Waals surface area (Å²) in [6, 6.07) is 21.0. The van der Waals surface area contributed by atoms with Crippen molar-refractivity contribution < 1.29 is 23.8 Å². The number of rotatable bonds is 7. The van der Waals surface area contributed by atoms with E-state index >= 15 is 0 Å². The molecule has 178 valence electrons. The third-order valence-electron chi connectivity index (χ3n) is 5.15. The average Bonchev–Trinajstić information content (AvgIpc) is 3.15. The molecule has 0 radical (unpaired) electrons. The van der Waals surface area contributed by atoms with Crippen LogP contribution >= 0.6 is 11.8 Å². The predicted molar refractivity (Wildman–Crippen MR) is 137 cm³/mol. The minimum atomic E-state index is -0.632. The summed E-state index contributed by atoms with van der Waals surface area (Å²) >= 11 is 1.19. The van der Waals surface area contributed by atoms with Crippen LogP contribution in [0.2, 0.25) is 0 Å². The van der Waals surface area contributed by atoms with Gasteiger partial charge in [0.05, 0.1) is 17.2 Å². The summed E-state index contributed by atoms with van der Waals surface area (Å²) in [5.41, 5.74) is 3.33. The Balaban J connectivity index is 1.65. The Bertz CT molecular complexity index is 1310. The van der Waals surface area contributed by atoms with E-state index in [0.29, 0.717) is 26.9 Å². The number of benzene rings is 3. The minimum absolute atomic E-state index is 0.0355. The summed E-state index contributed by atoms with van der Waals surface area (Å²) in [7, 11) is 0. The summed E-state index contributed by atoms with van der Waals surface area (Å²) in [6.45, 7) is 4.12. The summed E-state index contributed by atoms with van der Waals surface area (Å²) < 4.78 is 24.3. The second kappa shape index (κ2) is 11.1. The van der Waals surface area contributed by atoms with Crippen molar-refractivity contribution in [1.29, 1.82) is 0 Å². The molecule has 3 aromatic carbocycles. The van der Waals surface area contributed by atoms with Gasteiger partial charge in [0.15, 0.2) is 0 Å². The molecule has 0 atom stereocenters. The molecule has 0 aromatic heterocycles. The lowest BCUT2D eigenvalue weighted by Gasteiger charge is -2.10. The van der Waals surface area contributed by atoms with Gasteiger partial charge in [-0.2, -0.15) is 0 Å². The fraction of sp³-hybridized carbons (Fsp3) is 0.143. The Kier molecular flexibility index (Phi) is 7.67. The van der Waals surface area contributed by atoms with Crippen LogP contribution in [0.25, 0.3) is 6.08 Å². The van der Waals surface area contributed by atoms with E-state index in [2.05, 4.69) is 4.99 Å². The molecule has 4 rings (SSSR count). The first-order chi connectivity index (χ1) is 16.9. The number of nitrogens with zero attached hydrogens (tertiary/aromatic N) is 1. The smallest absolute Gasteiger partial charge is 0.344 e. The molecule has 7 heteroatoms. The van der Waals surface area contributed by atoms with Crippen molar-refractivity contribution in [3.05, 3.63) is 112 Å². The molecule has 1 heterocycles. The molecule has 3 aromatic rings. The van der Waals surface area contributed by atoms with Crippen LogP contribution in [-0.4, -0.2) is 22.7 Å². The lowest BCUT2D eigenvalue weighted by Crippen LogP contribution is -2.12. The van der Waals surface area contributed by atoms with Crippen molar-refractivity contribution in [2.24, 2.45) is 4.99 Å². The number of ether oxygens (including phenoxy) is 2. The van der Waals surface area contributed by atoms with Gasteiger partial charge in [-0.1, -0.05) is 59.8 Å². The molecular formula is C28H24FNO4S. The number of thioether (sulfide) groups is 1. The third kappa shape index (κ3) is 6.00. The molecule has 0 bridgehead atoms. The summed E-state index contributed by atoms with van der Waals surface area (Å²) in [6.07, 6.45) is 1.75. The summed E-state index contributed by atoms with van der Waals surface area (Å²) in [5, 5.41) is 11.3. The van der Waals surface area contributed by atoms with Crippen LogP contribution in [0.4, 0.5) is 10.1 Å². The van der Waals surface area contributed by atoms with E-state index in [1.54, 1.807) is 25.1 Å². The van der Waals surface area contributed by atoms with E-state index in [-0.39, 0.29) is 30.4 Å². The first kappa shape index (κ1) is 24.3. The van der Waals surface area contributed by atoms with E-state index in [0.717, 1.165) is 11.1 Å². The zero-order valence-corrected chi connectivity index (χ0v) is 20.1. The zero-order valence-electron chi connectivity index (χ0n) is 19.3. The van der Waals surface area contributed by atoms with Gasteiger partial charge in [-0.3, -0.25) is 0 Å². The van der Waals surface area contributed by atoms with Crippen LogP contribution in [0, 0.1) is 12.7 Å². The Morgan fingerprint density at radius 2 is 1.77 bits per heavy atom. The molecule has 0 saturated heterocycles. The first-order valence-electron chi connectivity index (χ1n) is 11.1. The molecule has 0 amide bonds. The van der Waals surface area contributed by atoms with Gasteiger partial charge in [-0.15, -0.1) is 0 Å². The quantitative estimate of drug-likeness (QED) is 0.365.